The van der Waals surface area contributed by atoms with Gasteiger partial charge in [0, 0.05) is 51.8 Å². The molecule has 0 aliphatic carbocycles. The van der Waals surface area contributed by atoms with E-state index in [0.29, 0.717) is 45.2 Å². The fraction of sp³-hybridized carbons (Fsp3) is 0.242. The minimum Gasteiger partial charge on any atom is -1.00 e. The molecule has 0 aliphatic rings. The van der Waals surface area contributed by atoms with Crippen LogP contribution in [0.5, 0.6) is 0 Å². The molecule has 9 nitrogen and oxygen atoms in total. The molecule has 3 atom stereocenters. The van der Waals surface area contributed by atoms with E-state index in [0.717, 1.165) is 11.1 Å². The Balaban J connectivity index is 0.00000500. The van der Waals surface area contributed by atoms with Crippen LogP contribution in [0.2, 0.25) is 0 Å². The number of carbonyl (C=O) groups excluding carboxylic acids is 1. The quantitative estimate of drug-likeness (QED) is 0.103. The number of anilines is 1. The predicted octanol–water partition coefficient (Wildman–Crippen LogP) is 2.59. The van der Waals surface area contributed by atoms with Crippen LogP contribution >= 0.6 is 11.3 Å². The molecule has 0 radical (unpaired) electrons. The Kier molecular flexibility index (Phi) is 10.5. The Hall–Kier alpha value is -4.58. The smallest absolute Gasteiger partial charge is 0.305 e. The zero-order valence-electron chi connectivity index (χ0n) is 25.7. The average molecular weight is 728 g/mol. The second-order valence-corrected chi connectivity index (χ2v) is 12.0. The molecule has 5 aromatic rings. The van der Waals surface area contributed by atoms with Gasteiger partial charge in [-0.05, 0) is 55.3 Å². The molecule has 2 aromatic heterocycles. The van der Waals surface area contributed by atoms with Crippen LogP contribution in [0.3, 0.4) is 0 Å². The summed E-state index contributed by atoms with van der Waals surface area (Å²) in [4.78, 5) is 16.7. The van der Waals surface area contributed by atoms with Crippen LogP contribution < -0.4 is 27.3 Å². The molecular weight excluding hydrogens is 697 g/mol. The highest BCUT2D eigenvalue weighted by atomic mass is 79.9. The third-order valence-corrected chi connectivity index (χ3v) is 8.87. The van der Waals surface area contributed by atoms with Gasteiger partial charge in [-0.15, -0.1) is 16.0 Å². The van der Waals surface area contributed by atoms with E-state index in [9.17, 15) is 18.7 Å². The van der Waals surface area contributed by atoms with Gasteiger partial charge < -0.3 is 32.6 Å². The van der Waals surface area contributed by atoms with Crippen LogP contribution in [0, 0.1) is 42.6 Å². The van der Waals surface area contributed by atoms with Crippen molar-refractivity contribution in [1.82, 2.24) is 14.8 Å². The monoisotopic (exact) mass is 726 g/mol. The van der Waals surface area contributed by atoms with Gasteiger partial charge in [0.15, 0.2) is 11.6 Å². The number of aromatic nitrogens is 4. The highest BCUT2D eigenvalue weighted by Crippen LogP contribution is 2.42. The summed E-state index contributed by atoms with van der Waals surface area (Å²) in [6, 6.07) is 13.4. The van der Waals surface area contributed by atoms with Crippen molar-refractivity contribution in [3.8, 4) is 17.3 Å². The summed E-state index contributed by atoms with van der Waals surface area (Å²) in [5.41, 5.74) is 7.96. The molecule has 5 rings (SSSR count). The van der Waals surface area contributed by atoms with Crippen molar-refractivity contribution < 1.29 is 49.4 Å². The van der Waals surface area contributed by atoms with Gasteiger partial charge in [-0.2, -0.15) is 9.83 Å². The van der Waals surface area contributed by atoms with Crippen molar-refractivity contribution in [2.24, 2.45) is 0 Å². The molecule has 14 heteroatoms. The number of benzene rings is 3. The lowest BCUT2D eigenvalue weighted by atomic mass is 9.82. The standard InChI is InChI=1S/C33H30F3N6O3S.BrH/c1-18-9-24(10-19(2)30(18)38)32(45-21(4)43)41-16-39-42(17-41)15-33(44,25-11-27(35)28(36)12-26(25)34)20(3)31-40-29(14-46-31)23-7-5-22(13-37)6-8-23;/h5-12,14,16-17,20,32,44H,15,38H2,1-4H3;1H/q+1;/p-1. The maximum Gasteiger partial charge on any atom is 0.305 e. The zero-order chi connectivity index (χ0) is 33.3. The van der Waals surface area contributed by atoms with Crippen molar-refractivity contribution in [1.29, 1.82) is 5.26 Å². The molecule has 3 N–H and O–H groups in total. The maximum atomic E-state index is 15.3. The van der Waals surface area contributed by atoms with Crippen molar-refractivity contribution >= 4 is 23.0 Å². The number of nitrogen functional groups attached to an aromatic ring is 1. The summed E-state index contributed by atoms with van der Waals surface area (Å²) in [6.45, 7) is 6.10. The summed E-state index contributed by atoms with van der Waals surface area (Å²) in [5, 5.41) is 27.8. The first kappa shape index (κ1) is 35.3. The Bertz CT molecular complexity index is 1950. The number of halogens is 4. The number of esters is 1. The number of nitriles is 1. The normalized spacial score (nSPS) is 13.6. The number of thiazole rings is 1. The molecule has 244 valence electrons. The van der Waals surface area contributed by atoms with E-state index in [4.69, 9.17) is 15.7 Å². The van der Waals surface area contributed by atoms with Gasteiger partial charge in [-0.1, -0.05) is 19.1 Å². The molecule has 2 heterocycles. The lowest BCUT2D eigenvalue weighted by molar-refractivity contribution is -0.747. The van der Waals surface area contributed by atoms with E-state index >= 15 is 4.39 Å². The summed E-state index contributed by atoms with van der Waals surface area (Å²) in [6.07, 6.45) is 1.87. The molecule has 0 saturated carbocycles. The van der Waals surface area contributed by atoms with Gasteiger partial charge in [-0.3, -0.25) is 4.79 Å². The van der Waals surface area contributed by atoms with E-state index in [2.05, 4.69) is 16.2 Å². The fourth-order valence-electron chi connectivity index (χ4n) is 5.25. The molecular formula is C33H30BrF3N6O3S. The first-order chi connectivity index (χ1) is 21.8. The highest BCUT2D eigenvalue weighted by Gasteiger charge is 2.44. The minimum absolute atomic E-state index is 0. The summed E-state index contributed by atoms with van der Waals surface area (Å²) >= 11 is 1.20. The lowest BCUT2D eigenvalue weighted by Gasteiger charge is -2.32. The van der Waals surface area contributed by atoms with Crippen molar-refractivity contribution in [2.75, 3.05) is 5.73 Å². The Morgan fingerprint density at radius 1 is 1.13 bits per heavy atom. The predicted molar refractivity (Wildman–Crippen MR) is 164 cm³/mol. The SMILES string of the molecule is CC(=O)OC(c1cc(C)c(N)c(C)c1)[n+]1cnn(CC(O)(c2cc(F)c(F)cc2F)C(C)c2nc(-c3ccc(C#N)cc3)cs2)c1.[Br-]. The van der Waals surface area contributed by atoms with Crippen molar-refractivity contribution in [3.63, 3.8) is 0 Å². The van der Waals surface area contributed by atoms with E-state index in [1.165, 1.54) is 40.2 Å². The van der Waals surface area contributed by atoms with Crippen LogP contribution in [0.1, 0.15) is 58.8 Å². The second-order valence-electron chi connectivity index (χ2n) is 11.1. The largest absolute Gasteiger partial charge is 1.00 e. The number of aryl methyl sites for hydroxylation is 2. The van der Waals surface area contributed by atoms with Crippen LogP contribution in [0.4, 0.5) is 18.9 Å². The number of hydrogen-bond donors (Lipinski definition) is 2. The molecule has 3 aromatic carbocycles. The van der Waals surface area contributed by atoms with Gasteiger partial charge in [-0.25, -0.2) is 18.2 Å². The third kappa shape index (κ3) is 7.22. The molecule has 0 fully saturated rings. The van der Waals surface area contributed by atoms with E-state index in [1.54, 1.807) is 48.7 Å². The van der Waals surface area contributed by atoms with E-state index < -0.39 is 53.3 Å². The Labute approximate surface area is 283 Å². The zero-order valence-corrected chi connectivity index (χ0v) is 28.1. The number of aliphatic hydroxyl groups is 1. The summed E-state index contributed by atoms with van der Waals surface area (Å²) in [5.74, 6) is -5.40. The Morgan fingerprint density at radius 3 is 2.38 bits per heavy atom. The van der Waals surface area contributed by atoms with Gasteiger partial charge in [0.1, 0.15) is 18.0 Å². The number of nitrogens with zero attached hydrogens (tertiary/aromatic N) is 5. The molecule has 47 heavy (non-hydrogen) atoms. The lowest BCUT2D eigenvalue weighted by Crippen LogP contribution is -3.00. The number of hydrogen-bond acceptors (Lipinski definition) is 8. The number of nitrogens with two attached hydrogens (primary N) is 1. The minimum atomic E-state index is -2.19. The van der Waals surface area contributed by atoms with Gasteiger partial charge in [0.2, 0.25) is 6.33 Å². The number of carbonyl (C=O) groups is 1. The maximum absolute atomic E-state index is 15.3. The van der Waals surface area contributed by atoms with Crippen LogP contribution in [0.25, 0.3) is 11.3 Å². The van der Waals surface area contributed by atoms with Crippen LogP contribution in [0.15, 0.2) is 66.6 Å². The van der Waals surface area contributed by atoms with Crippen LogP contribution in [-0.4, -0.2) is 25.8 Å². The molecule has 0 aliphatic heterocycles. The van der Waals surface area contributed by atoms with Crippen molar-refractivity contribution in [2.45, 2.75) is 52.0 Å². The van der Waals surface area contributed by atoms with Gasteiger partial charge in [0.05, 0.1) is 22.3 Å². The van der Waals surface area contributed by atoms with Gasteiger partial charge in [0.25, 0.3) is 12.6 Å². The molecule has 0 saturated heterocycles. The number of rotatable bonds is 9. The second kappa shape index (κ2) is 14.0. The first-order valence-electron chi connectivity index (χ1n) is 14.1. The third-order valence-electron chi connectivity index (χ3n) is 7.85. The van der Waals surface area contributed by atoms with E-state index in [-0.39, 0.29) is 17.0 Å². The molecule has 0 amide bonds. The molecule has 3 unspecified atom stereocenters. The molecule has 0 bridgehead atoms. The topological polar surface area (TPSA) is 131 Å². The highest BCUT2D eigenvalue weighted by molar-refractivity contribution is 7.10. The van der Waals surface area contributed by atoms with E-state index in [1.807, 2.05) is 13.8 Å². The molecule has 0 spiro atoms. The summed E-state index contributed by atoms with van der Waals surface area (Å²) < 4.78 is 52.2. The fourth-order valence-corrected chi connectivity index (χ4v) is 6.22. The average Bonchev–Trinajstić information content (AvgIpc) is 3.70. The van der Waals surface area contributed by atoms with Gasteiger partial charge >= 0.3 is 5.97 Å². The number of ether oxygens (including phenoxy) is 1. The van der Waals surface area contributed by atoms with Crippen LogP contribution in [-0.2, 0) is 21.7 Å². The first-order valence-corrected chi connectivity index (χ1v) is 15.0. The summed E-state index contributed by atoms with van der Waals surface area (Å²) in [7, 11) is 0. The Morgan fingerprint density at radius 2 is 1.77 bits per heavy atom. The van der Waals surface area contributed by atoms with Crippen molar-refractivity contribution in [3.05, 3.63) is 117 Å².